The normalized spacial score (nSPS) is 16.9. The molecule has 1 aromatic carbocycles. The molecular weight excluding hydrogens is 409 g/mol. The van der Waals surface area contributed by atoms with Gasteiger partial charge in [0.25, 0.3) is 0 Å². The van der Waals surface area contributed by atoms with Gasteiger partial charge in [-0.05, 0) is 18.4 Å². The maximum atomic E-state index is 12.0. The molecule has 1 unspecified atom stereocenters. The Hall–Kier alpha value is -0.630. The topological polar surface area (TPSA) is 53.5 Å². The molecule has 1 aliphatic carbocycles. The molecule has 1 aromatic rings. The second-order valence-corrected chi connectivity index (χ2v) is 6.98. The lowest BCUT2D eigenvalue weighted by Gasteiger charge is -2.16. The summed E-state index contributed by atoms with van der Waals surface area (Å²) in [6.45, 7) is 0.686. The quantitative estimate of drug-likeness (QED) is 0.411. The van der Waals surface area contributed by atoms with Crippen LogP contribution in [0.5, 0.6) is 0 Å². The van der Waals surface area contributed by atoms with E-state index in [0.717, 1.165) is 11.5 Å². The van der Waals surface area contributed by atoms with E-state index in [1.165, 1.54) is 25.7 Å². The van der Waals surface area contributed by atoms with Crippen molar-refractivity contribution in [2.75, 3.05) is 19.3 Å². The molecule has 0 amide bonds. The second-order valence-electron chi connectivity index (χ2n) is 5.40. The number of benzene rings is 1. The lowest BCUT2D eigenvalue weighted by molar-refractivity contribution is 0.615. The van der Waals surface area contributed by atoms with Crippen molar-refractivity contribution in [2.24, 2.45) is 4.99 Å². The van der Waals surface area contributed by atoms with Crippen molar-refractivity contribution in [1.82, 2.24) is 10.6 Å². The van der Waals surface area contributed by atoms with E-state index < -0.39 is 10.8 Å². The van der Waals surface area contributed by atoms with Gasteiger partial charge in [-0.15, -0.1) is 24.0 Å². The van der Waals surface area contributed by atoms with Gasteiger partial charge in [-0.2, -0.15) is 0 Å². The van der Waals surface area contributed by atoms with Crippen LogP contribution in [0, 0.1) is 0 Å². The Labute approximate surface area is 153 Å². The molecule has 0 aliphatic heterocycles. The van der Waals surface area contributed by atoms with Gasteiger partial charge in [-0.25, -0.2) is 0 Å². The van der Waals surface area contributed by atoms with Crippen molar-refractivity contribution in [2.45, 2.75) is 37.5 Å². The number of guanidine groups is 1. The van der Waals surface area contributed by atoms with Crippen LogP contribution in [0.1, 0.15) is 31.2 Å². The first-order valence-corrected chi connectivity index (χ1v) is 9.13. The van der Waals surface area contributed by atoms with Crippen molar-refractivity contribution in [3.05, 3.63) is 35.9 Å². The Balaban J connectivity index is 0.00000242. The Morgan fingerprint density at radius 3 is 2.59 bits per heavy atom. The first-order valence-electron chi connectivity index (χ1n) is 7.64. The average Bonchev–Trinajstić information content (AvgIpc) is 3.00. The highest BCUT2D eigenvalue weighted by Gasteiger charge is 2.15. The van der Waals surface area contributed by atoms with E-state index in [9.17, 15) is 4.21 Å². The van der Waals surface area contributed by atoms with Crippen LogP contribution in [0.2, 0.25) is 0 Å². The smallest absolute Gasteiger partial charge is 0.191 e. The Morgan fingerprint density at radius 1 is 1.27 bits per heavy atom. The van der Waals surface area contributed by atoms with E-state index in [-0.39, 0.29) is 24.0 Å². The molecule has 6 heteroatoms. The summed E-state index contributed by atoms with van der Waals surface area (Å²) in [7, 11) is 0.944. The Morgan fingerprint density at radius 2 is 1.95 bits per heavy atom. The summed E-state index contributed by atoms with van der Waals surface area (Å²) in [5.74, 6) is 2.09. The van der Waals surface area contributed by atoms with Crippen molar-refractivity contribution in [3.8, 4) is 0 Å². The van der Waals surface area contributed by atoms with Crippen LogP contribution in [-0.2, 0) is 16.6 Å². The molecular formula is C16H26IN3OS. The molecule has 0 saturated heterocycles. The van der Waals surface area contributed by atoms with Gasteiger partial charge < -0.3 is 10.6 Å². The van der Waals surface area contributed by atoms with Crippen molar-refractivity contribution in [3.63, 3.8) is 0 Å². The van der Waals surface area contributed by atoms with Gasteiger partial charge in [0.05, 0.1) is 0 Å². The molecule has 1 fully saturated rings. The number of hydrogen-bond acceptors (Lipinski definition) is 2. The summed E-state index contributed by atoms with van der Waals surface area (Å²) in [6.07, 6.45) is 5.05. The first-order chi connectivity index (χ1) is 10.3. The van der Waals surface area contributed by atoms with Gasteiger partial charge in [0.2, 0.25) is 0 Å². The van der Waals surface area contributed by atoms with Crippen LogP contribution in [0.25, 0.3) is 0 Å². The molecule has 1 aliphatic rings. The van der Waals surface area contributed by atoms with Gasteiger partial charge in [-0.1, -0.05) is 43.2 Å². The molecule has 0 radical (unpaired) electrons. The summed E-state index contributed by atoms with van der Waals surface area (Å²) in [5, 5.41) is 6.69. The predicted molar refractivity (Wildman–Crippen MR) is 105 cm³/mol. The standard InChI is InChI=1S/C16H25N3OS.HI/c1-17-16(19-15-9-5-6-10-15)18-11-12-21(20)13-14-7-3-2-4-8-14;/h2-4,7-8,15H,5-6,9-13H2,1H3,(H2,17,18,19);1H. The van der Waals surface area contributed by atoms with Crippen molar-refractivity contribution in [1.29, 1.82) is 0 Å². The van der Waals surface area contributed by atoms with Crippen LogP contribution < -0.4 is 10.6 Å². The van der Waals surface area contributed by atoms with E-state index in [1.807, 2.05) is 30.3 Å². The zero-order chi connectivity index (χ0) is 14.9. The SMILES string of the molecule is CN=C(NCCS(=O)Cc1ccccc1)NC1CCCC1.I. The molecule has 0 bridgehead atoms. The predicted octanol–water partition coefficient (Wildman–Crippen LogP) is 2.66. The van der Waals surface area contributed by atoms with Gasteiger partial charge in [0.15, 0.2) is 5.96 Å². The van der Waals surface area contributed by atoms with Gasteiger partial charge >= 0.3 is 0 Å². The minimum atomic E-state index is -0.839. The molecule has 22 heavy (non-hydrogen) atoms. The summed E-state index contributed by atoms with van der Waals surface area (Å²) in [5.41, 5.74) is 1.13. The van der Waals surface area contributed by atoms with Crippen molar-refractivity contribution < 1.29 is 4.21 Å². The fourth-order valence-electron chi connectivity index (χ4n) is 2.57. The highest BCUT2D eigenvalue weighted by atomic mass is 127. The monoisotopic (exact) mass is 435 g/mol. The second kappa shape index (κ2) is 11.0. The number of hydrogen-bond donors (Lipinski definition) is 2. The number of rotatable bonds is 6. The molecule has 1 atom stereocenters. The van der Waals surface area contributed by atoms with E-state index in [1.54, 1.807) is 7.05 Å². The minimum Gasteiger partial charge on any atom is -0.355 e. The zero-order valence-corrected chi connectivity index (χ0v) is 16.2. The van der Waals surface area contributed by atoms with E-state index in [2.05, 4.69) is 15.6 Å². The molecule has 2 rings (SSSR count). The zero-order valence-electron chi connectivity index (χ0n) is 13.1. The first kappa shape index (κ1) is 19.4. The molecule has 0 aromatic heterocycles. The number of nitrogens with zero attached hydrogens (tertiary/aromatic N) is 1. The molecule has 1 saturated carbocycles. The fraction of sp³-hybridized carbons (Fsp3) is 0.562. The van der Waals surface area contributed by atoms with Crippen LogP contribution in [-0.4, -0.2) is 35.6 Å². The van der Waals surface area contributed by atoms with Crippen LogP contribution in [0.15, 0.2) is 35.3 Å². The van der Waals surface area contributed by atoms with Gasteiger partial charge in [0, 0.05) is 41.9 Å². The maximum absolute atomic E-state index is 12.0. The highest BCUT2D eigenvalue weighted by molar-refractivity contribution is 14.0. The van der Waals surface area contributed by atoms with Gasteiger partial charge in [-0.3, -0.25) is 9.20 Å². The molecule has 4 nitrogen and oxygen atoms in total. The Kier molecular flexibility index (Phi) is 9.70. The average molecular weight is 435 g/mol. The van der Waals surface area contributed by atoms with E-state index in [0.29, 0.717) is 24.1 Å². The summed E-state index contributed by atoms with van der Waals surface area (Å²) in [6, 6.07) is 10.5. The van der Waals surface area contributed by atoms with Gasteiger partial charge in [0.1, 0.15) is 0 Å². The summed E-state index contributed by atoms with van der Waals surface area (Å²) >= 11 is 0. The lowest BCUT2D eigenvalue weighted by atomic mass is 10.2. The van der Waals surface area contributed by atoms with E-state index >= 15 is 0 Å². The minimum absolute atomic E-state index is 0. The third-order valence-corrected chi connectivity index (χ3v) is 5.03. The number of halogens is 1. The Bertz CT molecular complexity index is 476. The van der Waals surface area contributed by atoms with Crippen LogP contribution in [0.4, 0.5) is 0 Å². The maximum Gasteiger partial charge on any atom is 0.191 e. The third-order valence-electron chi connectivity index (χ3n) is 3.71. The number of nitrogens with one attached hydrogen (secondary N) is 2. The largest absolute Gasteiger partial charge is 0.355 e. The molecule has 124 valence electrons. The van der Waals surface area contributed by atoms with Crippen LogP contribution in [0.3, 0.4) is 0 Å². The number of aliphatic imine (C=N–C) groups is 1. The lowest BCUT2D eigenvalue weighted by Crippen LogP contribution is -2.43. The molecule has 0 heterocycles. The summed E-state index contributed by atoms with van der Waals surface area (Å²) in [4.78, 5) is 4.23. The van der Waals surface area contributed by atoms with E-state index in [4.69, 9.17) is 0 Å². The summed E-state index contributed by atoms with van der Waals surface area (Å²) < 4.78 is 12.0. The molecule has 2 N–H and O–H groups in total. The third kappa shape index (κ3) is 7.09. The highest BCUT2D eigenvalue weighted by Crippen LogP contribution is 2.17. The van der Waals surface area contributed by atoms with Crippen LogP contribution >= 0.6 is 24.0 Å². The fourth-order valence-corrected chi connectivity index (χ4v) is 3.61. The van der Waals surface area contributed by atoms with Crippen molar-refractivity contribution >= 4 is 40.7 Å². The molecule has 0 spiro atoms.